The van der Waals surface area contributed by atoms with Crippen LogP contribution in [0, 0.1) is 6.92 Å². The largest absolute Gasteiger partial charge is 0.433 e. The van der Waals surface area contributed by atoms with Crippen molar-refractivity contribution in [1.82, 2.24) is 10.2 Å². The summed E-state index contributed by atoms with van der Waals surface area (Å²) in [6, 6.07) is 14.4. The molecule has 1 fully saturated rings. The Kier molecular flexibility index (Phi) is 7.37. The smallest absolute Gasteiger partial charge is 0.387 e. The highest BCUT2D eigenvalue weighted by Gasteiger charge is 2.21. The Balaban J connectivity index is 1.50. The molecule has 0 saturated carbocycles. The highest BCUT2D eigenvalue weighted by Crippen LogP contribution is 2.29. The number of para-hydroxylation sites is 1. The number of anilines is 1. The van der Waals surface area contributed by atoms with Crippen molar-refractivity contribution >= 4 is 11.7 Å². The Morgan fingerprint density at radius 2 is 2.03 bits per heavy atom. The van der Waals surface area contributed by atoms with E-state index < -0.39 is 12.6 Å². The third-order valence-corrected chi connectivity index (χ3v) is 4.65. The van der Waals surface area contributed by atoms with Gasteiger partial charge in [-0.2, -0.15) is 8.78 Å². The van der Waals surface area contributed by atoms with Gasteiger partial charge >= 0.3 is 12.6 Å². The van der Waals surface area contributed by atoms with Gasteiger partial charge in [-0.25, -0.2) is 4.79 Å². The number of hydrogen-bond donors (Lipinski definition) is 2. The molecular weight excluding hydrogens is 380 g/mol. The molecule has 3 rings (SSSR count). The van der Waals surface area contributed by atoms with Gasteiger partial charge in [0.25, 0.3) is 0 Å². The summed E-state index contributed by atoms with van der Waals surface area (Å²) < 4.78 is 35.4. The highest BCUT2D eigenvalue weighted by atomic mass is 19.3. The maximum Gasteiger partial charge on any atom is 0.387 e. The number of nitrogens with one attached hydrogen (secondary N) is 2. The number of nitrogens with zero attached hydrogens (tertiary/aromatic N) is 1. The summed E-state index contributed by atoms with van der Waals surface area (Å²) in [5, 5.41) is 5.35. The van der Waals surface area contributed by atoms with Crippen LogP contribution >= 0.6 is 0 Å². The maximum atomic E-state index is 12.6. The summed E-state index contributed by atoms with van der Waals surface area (Å²) in [6.07, 6.45) is -0.146. The van der Waals surface area contributed by atoms with Crippen LogP contribution in [0.25, 0.3) is 0 Å². The van der Waals surface area contributed by atoms with E-state index in [-0.39, 0.29) is 17.5 Å². The summed E-state index contributed by atoms with van der Waals surface area (Å²) in [7, 11) is 0. The van der Waals surface area contributed by atoms with E-state index in [0.717, 1.165) is 13.1 Å². The van der Waals surface area contributed by atoms with E-state index in [2.05, 4.69) is 32.4 Å². The SMILES string of the molecule is Cc1cccc(OC(F)F)c1NC(=O)NCC1CN(Cc2ccccc2)CCO1. The number of alkyl halides is 2. The number of amides is 2. The Morgan fingerprint density at radius 1 is 1.24 bits per heavy atom. The summed E-state index contributed by atoms with van der Waals surface area (Å²) in [6.45, 7) is 1.99. The molecule has 0 radical (unpaired) electrons. The number of carbonyl (C=O) groups excluding carboxylic acids is 1. The standard InChI is InChI=1S/C21H25F2N3O3/c1-15-6-5-9-18(29-20(22)23)19(15)25-21(27)24-12-17-14-26(10-11-28-17)13-16-7-3-2-4-8-16/h2-9,17,20H,10-14H2,1H3,(H2,24,25,27). The van der Waals surface area contributed by atoms with Crippen molar-refractivity contribution in [2.75, 3.05) is 31.6 Å². The number of ether oxygens (including phenoxy) is 2. The Hall–Kier alpha value is -2.71. The number of carbonyl (C=O) groups is 1. The lowest BCUT2D eigenvalue weighted by atomic mass is 10.2. The van der Waals surface area contributed by atoms with Crippen molar-refractivity contribution < 1.29 is 23.0 Å². The lowest BCUT2D eigenvalue weighted by Gasteiger charge is -2.33. The lowest BCUT2D eigenvalue weighted by molar-refractivity contribution is -0.0493. The van der Waals surface area contributed by atoms with E-state index in [1.54, 1.807) is 19.1 Å². The molecule has 29 heavy (non-hydrogen) atoms. The van der Waals surface area contributed by atoms with Crippen LogP contribution in [0.5, 0.6) is 5.75 Å². The Labute approximate surface area is 168 Å². The molecule has 1 saturated heterocycles. The first-order chi connectivity index (χ1) is 14.0. The zero-order valence-electron chi connectivity index (χ0n) is 16.2. The van der Waals surface area contributed by atoms with Crippen LogP contribution in [0.4, 0.5) is 19.3 Å². The van der Waals surface area contributed by atoms with Gasteiger partial charge in [-0.3, -0.25) is 4.90 Å². The van der Waals surface area contributed by atoms with Crippen molar-refractivity contribution in [1.29, 1.82) is 0 Å². The second-order valence-corrected chi connectivity index (χ2v) is 6.88. The lowest BCUT2D eigenvalue weighted by Crippen LogP contribution is -2.47. The van der Waals surface area contributed by atoms with E-state index in [4.69, 9.17) is 4.74 Å². The molecule has 156 valence electrons. The predicted molar refractivity (Wildman–Crippen MR) is 106 cm³/mol. The van der Waals surface area contributed by atoms with E-state index in [1.807, 2.05) is 18.2 Å². The van der Waals surface area contributed by atoms with Crippen LogP contribution in [0.3, 0.4) is 0 Å². The normalized spacial score (nSPS) is 17.2. The number of urea groups is 1. The average molecular weight is 405 g/mol. The van der Waals surface area contributed by atoms with Gasteiger partial charge in [-0.1, -0.05) is 42.5 Å². The summed E-state index contributed by atoms with van der Waals surface area (Å²) >= 11 is 0. The molecule has 2 N–H and O–H groups in total. The van der Waals surface area contributed by atoms with Crippen molar-refractivity contribution in [3.05, 3.63) is 59.7 Å². The van der Waals surface area contributed by atoms with Gasteiger partial charge in [0.15, 0.2) is 0 Å². The fraction of sp³-hybridized carbons (Fsp3) is 0.381. The summed E-state index contributed by atoms with van der Waals surface area (Å²) in [5.41, 5.74) is 2.08. The van der Waals surface area contributed by atoms with Crippen LogP contribution in [-0.4, -0.2) is 49.9 Å². The molecule has 2 aromatic rings. The first-order valence-corrected chi connectivity index (χ1v) is 9.48. The van der Waals surface area contributed by atoms with Gasteiger partial charge in [0.1, 0.15) is 5.75 Å². The monoisotopic (exact) mass is 405 g/mol. The molecule has 1 aliphatic heterocycles. The zero-order valence-corrected chi connectivity index (χ0v) is 16.2. The van der Waals surface area contributed by atoms with Crippen LogP contribution < -0.4 is 15.4 Å². The highest BCUT2D eigenvalue weighted by molar-refractivity contribution is 5.91. The quantitative estimate of drug-likeness (QED) is 0.739. The number of morpholine rings is 1. The number of hydrogen-bond acceptors (Lipinski definition) is 4. The fourth-order valence-corrected chi connectivity index (χ4v) is 3.25. The number of halogens is 2. The molecule has 2 aromatic carbocycles. The van der Waals surface area contributed by atoms with E-state index in [0.29, 0.717) is 25.3 Å². The van der Waals surface area contributed by atoms with Gasteiger partial charge in [-0.15, -0.1) is 0 Å². The van der Waals surface area contributed by atoms with Crippen molar-refractivity contribution in [2.24, 2.45) is 0 Å². The van der Waals surface area contributed by atoms with E-state index in [1.165, 1.54) is 11.6 Å². The second kappa shape index (κ2) is 10.2. The van der Waals surface area contributed by atoms with Crippen LogP contribution in [0.15, 0.2) is 48.5 Å². The van der Waals surface area contributed by atoms with Gasteiger partial charge in [-0.05, 0) is 24.1 Å². The Morgan fingerprint density at radius 3 is 2.79 bits per heavy atom. The molecule has 0 aromatic heterocycles. The van der Waals surface area contributed by atoms with Crippen molar-refractivity contribution in [3.63, 3.8) is 0 Å². The van der Waals surface area contributed by atoms with Crippen molar-refractivity contribution in [3.8, 4) is 5.75 Å². The molecule has 8 heteroatoms. The number of aryl methyl sites for hydroxylation is 1. The van der Waals surface area contributed by atoms with Gasteiger partial charge < -0.3 is 20.1 Å². The molecule has 1 unspecified atom stereocenters. The molecule has 6 nitrogen and oxygen atoms in total. The third kappa shape index (κ3) is 6.40. The average Bonchev–Trinajstić information content (AvgIpc) is 2.70. The van der Waals surface area contributed by atoms with Gasteiger partial charge in [0, 0.05) is 26.2 Å². The molecule has 1 heterocycles. The summed E-state index contributed by atoms with van der Waals surface area (Å²) in [5.74, 6) is -0.0712. The minimum Gasteiger partial charge on any atom is -0.433 e. The zero-order chi connectivity index (χ0) is 20.6. The molecule has 1 atom stereocenters. The third-order valence-electron chi connectivity index (χ3n) is 4.65. The topological polar surface area (TPSA) is 62.8 Å². The predicted octanol–water partition coefficient (Wildman–Crippen LogP) is 3.62. The number of rotatable bonds is 7. The first kappa shape index (κ1) is 21.0. The van der Waals surface area contributed by atoms with Crippen LogP contribution in [-0.2, 0) is 11.3 Å². The van der Waals surface area contributed by atoms with E-state index in [9.17, 15) is 13.6 Å². The van der Waals surface area contributed by atoms with Gasteiger partial charge in [0.2, 0.25) is 0 Å². The van der Waals surface area contributed by atoms with Crippen LogP contribution in [0.2, 0.25) is 0 Å². The molecular formula is C21H25F2N3O3. The summed E-state index contributed by atoms with van der Waals surface area (Å²) in [4.78, 5) is 14.6. The van der Waals surface area contributed by atoms with E-state index >= 15 is 0 Å². The fourth-order valence-electron chi connectivity index (χ4n) is 3.25. The first-order valence-electron chi connectivity index (χ1n) is 9.48. The minimum atomic E-state index is -2.97. The van der Waals surface area contributed by atoms with Crippen molar-refractivity contribution in [2.45, 2.75) is 26.2 Å². The number of benzene rings is 2. The molecule has 2 amide bonds. The Bertz CT molecular complexity index is 805. The maximum absolute atomic E-state index is 12.6. The molecule has 1 aliphatic rings. The van der Waals surface area contributed by atoms with Gasteiger partial charge in [0.05, 0.1) is 18.4 Å². The molecule has 0 bridgehead atoms. The molecule has 0 spiro atoms. The minimum absolute atomic E-state index is 0.0712. The second-order valence-electron chi connectivity index (χ2n) is 6.88. The van der Waals surface area contributed by atoms with Crippen LogP contribution in [0.1, 0.15) is 11.1 Å². The molecule has 0 aliphatic carbocycles.